The maximum Gasteiger partial charge on any atom is 0.262 e. The predicted octanol–water partition coefficient (Wildman–Crippen LogP) is 4.37. The van der Waals surface area contributed by atoms with E-state index in [1.54, 1.807) is 0 Å². The van der Waals surface area contributed by atoms with E-state index < -0.39 is 26.6 Å². The third-order valence-corrected chi connectivity index (χ3v) is 5.69. The highest BCUT2D eigenvalue weighted by Gasteiger charge is 2.22. The van der Waals surface area contributed by atoms with Gasteiger partial charge in [0.25, 0.3) is 10.0 Å². The van der Waals surface area contributed by atoms with Crippen LogP contribution >= 0.6 is 11.6 Å². The number of unbranched alkanes of at least 4 members (excludes halogenated alkanes) is 1. The molecule has 0 atom stereocenters. The lowest BCUT2D eigenvalue weighted by molar-refractivity contribution is 0.0977. The normalized spacial score (nSPS) is 11.2. The Balaban J connectivity index is 2.43. The van der Waals surface area contributed by atoms with E-state index in [0.29, 0.717) is 30.9 Å². The molecule has 0 aliphatic heterocycles. The van der Waals surface area contributed by atoms with Crippen molar-refractivity contribution in [1.29, 1.82) is 0 Å². The van der Waals surface area contributed by atoms with Gasteiger partial charge in [-0.2, -0.15) is 0 Å². The highest BCUT2D eigenvalue weighted by atomic mass is 35.5. The van der Waals surface area contributed by atoms with Gasteiger partial charge in [-0.1, -0.05) is 0 Å². The molecule has 2 aromatic carbocycles. The first-order valence-corrected chi connectivity index (χ1v) is 10.6. The van der Waals surface area contributed by atoms with E-state index >= 15 is 0 Å². The molecule has 0 amide bonds. The Morgan fingerprint density at radius 2 is 1.72 bits per heavy atom. The summed E-state index contributed by atoms with van der Waals surface area (Å²) in [7, 11) is -1.59. The van der Waals surface area contributed by atoms with Gasteiger partial charge >= 0.3 is 0 Å². The summed E-state index contributed by atoms with van der Waals surface area (Å²) in [6.07, 6.45) is 1.42. The first-order valence-electron chi connectivity index (χ1n) is 8.56. The molecule has 0 fully saturated rings. The van der Waals surface area contributed by atoms with Crippen molar-refractivity contribution >= 4 is 33.1 Å². The third-order valence-electron chi connectivity index (χ3n) is 4.06. The molecule has 0 heterocycles. The standard InChI is InChI=1S/C19H20ClF2NO5S/c1-27-18-11-19(28-2)16(10-13(18)17(24)5-3-4-8-20)23-29(25,26)12-6-7-14(21)15(22)9-12/h6-7,9-11,23H,3-5,8H2,1-2H3. The molecule has 0 bridgehead atoms. The fraction of sp³-hybridized carbons (Fsp3) is 0.316. The van der Waals surface area contributed by atoms with Gasteiger partial charge in [0.05, 0.1) is 30.4 Å². The lowest BCUT2D eigenvalue weighted by atomic mass is 10.0. The second kappa shape index (κ2) is 9.89. The van der Waals surface area contributed by atoms with Gasteiger partial charge in [0.2, 0.25) is 0 Å². The highest BCUT2D eigenvalue weighted by Crippen LogP contribution is 2.35. The maximum absolute atomic E-state index is 13.4. The first-order chi connectivity index (χ1) is 13.7. The highest BCUT2D eigenvalue weighted by molar-refractivity contribution is 7.92. The zero-order valence-corrected chi connectivity index (χ0v) is 17.4. The van der Waals surface area contributed by atoms with E-state index in [4.69, 9.17) is 21.1 Å². The summed E-state index contributed by atoms with van der Waals surface area (Å²) in [6.45, 7) is 0. The molecular formula is C19H20ClF2NO5S. The smallest absolute Gasteiger partial charge is 0.262 e. The van der Waals surface area contributed by atoms with Crippen LogP contribution in [-0.2, 0) is 10.0 Å². The van der Waals surface area contributed by atoms with Gasteiger partial charge in [-0.15, -0.1) is 11.6 Å². The molecule has 0 aliphatic rings. The van der Waals surface area contributed by atoms with Crippen molar-refractivity contribution in [2.45, 2.75) is 24.2 Å². The molecule has 158 valence electrons. The molecule has 1 N–H and O–H groups in total. The van der Waals surface area contributed by atoms with E-state index in [2.05, 4.69) is 4.72 Å². The van der Waals surface area contributed by atoms with Crippen molar-refractivity contribution < 1.29 is 31.5 Å². The molecule has 0 spiro atoms. The number of benzene rings is 2. The van der Waals surface area contributed by atoms with Crippen LogP contribution < -0.4 is 14.2 Å². The van der Waals surface area contributed by atoms with Gasteiger partial charge < -0.3 is 9.47 Å². The number of nitrogens with one attached hydrogen (secondary N) is 1. The van der Waals surface area contributed by atoms with Crippen molar-refractivity contribution in [1.82, 2.24) is 0 Å². The lowest BCUT2D eigenvalue weighted by Crippen LogP contribution is -2.15. The third kappa shape index (κ3) is 5.57. The Bertz CT molecular complexity index is 998. The van der Waals surface area contributed by atoms with Crippen LogP contribution in [-0.4, -0.2) is 34.3 Å². The second-order valence-corrected chi connectivity index (χ2v) is 8.06. The summed E-state index contributed by atoms with van der Waals surface area (Å²) < 4.78 is 64.4. The zero-order chi connectivity index (χ0) is 21.6. The Morgan fingerprint density at radius 3 is 2.31 bits per heavy atom. The van der Waals surface area contributed by atoms with E-state index in [1.165, 1.54) is 26.4 Å². The van der Waals surface area contributed by atoms with Crippen LogP contribution in [0.5, 0.6) is 11.5 Å². The van der Waals surface area contributed by atoms with Crippen LogP contribution in [0.25, 0.3) is 0 Å². The van der Waals surface area contributed by atoms with Gasteiger partial charge in [0.1, 0.15) is 11.5 Å². The number of carbonyl (C=O) groups is 1. The molecule has 0 aliphatic carbocycles. The largest absolute Gasteiger partial charge is 0.496 e. The molecule has 0 saturated carbocycles. The Kier molecular flexibility index (Phi) is 7.80. The monoisotopic (exact) mass is 447 g/mol. The molecule has 0 saturated heterocycles. The number of rotatable bonds is 10. The number of ether oxygens (including phenoxy) is 2. The average Bonchev–Trinajstić information content (AvgIpc) is 2.69. The molecule has 6 nitrogen and oxygen atoms in total. The summed E-state index contributed by atoms with van der Waals surface area (Å²) in [5.41, 5.74) is 0.115. The number of anilines is 1. The predicted molar refractivity (Wildman–Crippen MR) is 106 cm³/mol. The second-order valence-electron chi connectivity index (χ2n) is 6.00. The molecule has 29 heavy (non-hydrogen) atoms. The Labute approximate surface area is 172 Å². The van der Waals surface area contributed by atoms with Crippen LogP contribution in [0, 0.1) is 11.6 Å². The van der Waals surface area contributed by atoms with Crippen molar-refractivity contribution in [3.05, 3.63) is 47.5 Å². The van der Waals surface area contributed by atoms with Gasteiger partial charge in [-0.05, 0) is 37.1 Å². The summed E-state index contributed by atoms with van der Waals surface area (Å²) in [5, 5.41) is 0. The van der Waals surface area contributed by atoms with Gasteiger partial charge in [-0.25, -0.2) is 17.2 Å². The quantitative estimate of drug-likeness (QED) is 0.332. The number of hydrogen-bond acceptors (Lipinski definition) is 5. The molecule has 2 rings (SSSR count). The minimum absolute atomic E-state index is 0.0428. The molecule has 0 unspecified atom stereocenters. The minimum atomic E-state index is -4.27. The Morgan fingerprint density at radius 1 is 1.03 bits per heavy atom. The van der Waals surface area contributed by atoms with Crippen molar-refractivity contribution in [3.63, 3.8) is 0 Å². The van der Waals surface area contributed by atoms with E-state index in [-0.39, 0.29) is 35.0 Å². The van der Waals surface area contributed by atoms with E-state index in [9.17, 15) is 22.0 Å². The van der Waals surface area contributed by atoms with Gasteiger partial charge in [0, 0.05) is 18.4 Å². The minimum Gasteiger partial charge on any atom is -0.496 e. The number of sulfonamides is 1. The SMILES string of the molecule is COc1cc(OC)c(C(=O)CCCCCl)cc1NS(=O)(=O)c1ccc(F)c(F)c1. The number of alkyl halides is 1. The van der Waals surface area contributed by atoms with Crippen LogP contribution in [0.3, 0.4) is 0 Å². The van der Waals surface area contributed by atoms with Gasteiger partial charge in [-0.3, -0.25) is 9.52 Å². The molecule has 0 radical (unpaired) electrons. The molecule has 10 heteroatoms. The van der Waals surface area contributed by atoms with Crippen molar-refractivity contribution in [2.24, 2.45) is 0 Å². The first kappa shape index (κ1) is 22.9. The maximum atomic E-state index is 13.4. The van der Waals surface area contributed by atoms with Crippen LogP contribution in [0.15, 0.2) is 35.2 Å². The number of hydrogen-bond donors (Lipinski definition) is 1. The summed E-state index contributed by atoms with van der Waals surface area (Å²) in [4.78, 5) is 12.1. The fourth-order valence-corrected chi connectivity index (χ4v) is 3.82. The summed E-state index contributed by atoms with van der Waals surface area (Å²) >= 11 is 5.63. The number of Topliss-reactive ketones (excluding diaryl/α,β-unsaturated/α-hetero) is 1. The summed E-state index contributed by atoms with van der Waals surface area (Å²) in [6, 6.07) is 4.86. The molecular weight excluding hydrogens is 428 g/mol. The Hall–Kier alpha value is -2.39. The fourth-order valence-electron chi connectivity index (χ4n) is 2.56. The average molecular weight is 448 g/mol. The van der Waals surface area contributed by atoms with E-state index in [1.807, 2.05) is 0 Å². The molecule has 0 aromatic heterocycles. The number of halogens is 3. The van der Waals surface area contributed by atoms with E-state index in [0.717, 1.165) is 6.07 Å². The van der Waals surface area contributed by atoms with Crippen molar-refractivity contribution in [3.8, 4) is 11.5 Å². The number of methoxy groups -OCH3 is 2. The topological polar surface area (TPSA) is 81.7 Å². The van der Waals surface area contributed by atoms with Gasteiger partial charge in [0.15, 0.2) is 17.4 Å². The summed E-state index contributed by atoms with van der Waals surface area (Å²) in [5.74, 6) is -2.01. The van der Waals surface area contributed by atoms with Crippen LogP contribution in [0.1, 0.15) is 29.6 Å². The molecule has 2 aromatic rings. The lowest BCUT2D eigenvalue weighted by Gasteiger charge is -2.16. The van der Waals surface area contributed by atoms with Crippen LogP contribution in [0.4, 0.5) is 14.5 Å². The zero-order valence-electron chi connectivity index (χ0n) is 15.8. The van der Waals surface area contributed by atoms with Crippen LogP contribution in [0.2, 0.25) is 0 Å². The van der Waals surface area contributed by atoms with Crippen molar-refractivity contribution in [2.75, 3.05) is 24.8 Å². The number of carbonyl (C=O) groups excluding carboxylic acids is 1. The number of ketones is 1.